The predicted molar refractivity (Wildman–Crippen MR) is 69.7 cm³/mol. The van der Waals surface area contributed by atoms with Gasteiger partial charge >= 0.3 is 0 Å². The molecule has 0 radical (unpaired) electrons. The first kappa shape index (κ1) is 12.6. The van der Waals surface area contributed by atoms with Crippen LogP contribution in [0.15, 0.2) is 12.4 Å². The van der Waals surface area contributed by atoms with Gasteiger partial charge in [-0.3, -0.25) is 9.58 Å². The molecule has 1 fully saturated rings. The molecule has 4 heteroatoms. The minimum absolute atomic E-state index is 0.289. The monoisotopic (exact) mass is 236 g/mol. The second-order valence-electron chi connectivity index (χ2n) is 5.92. The number of hydrogen-bond acceptors (Lipinski definition) is 3. The Hall–Kier alpha value is -0.870. The average molecular weight is 236 g/mol. The molecule has 1 aromatic rings. The fraction of sp³-hybridized carbons (Fsp3) is 0.769. The smallest absolute Gasteiger partial charge is 0.0543 e. The van der Waals surface area contributed by atoms with Crippen LogP contribution in [-0.2, 0) is 6.54 Å². The van der Waals surface area contributed by atoms with Gasteiger partial charge in [-0.05, 0) is 33.6 Å². The van der Waals surface area contributed by atoms with Crippen LogP contribution in [0.4, 0.5) is 0 Å². The molecule has 1 aliphatic heterocycles. The number of aromatic nitrogens is 2. The summed E-state index contributed by atoms with van der Waals surface area (Å²) in [6.07, 6.45) is 6.35. The van der Waals surface area contributed by atoms with E-state index in [0.29, 0.717) is 12.6 Å². The van der Waals surface area contributed by atoms with E-state index in [-0.39, 0.29) is 5.54 Å². The molecule has 0 amide bonds. The Labute approximate surface area is 104 Å². The summed E-state index contributed by atoms with van der Waals surface area (Å²) >= 11 is 0. The molecular weight excluding hydrogens is 212 g/mol. The first-order valence-corrected chi connectivity index (χ1v) is 6.49. The maximum absolute atomic E-state index is 5.61. The zero-order valence-corrected chi connectivity index (χ0v) is 11.2. The molecule has 1 aromatic heterocycles. The molecule has 0 aromatic carbocycles. The van der Waals surface area contributed by atoms with Crippen LogP contribution in [0.5, 0.6) is 0 Å². The van der Waals surface area contributed by atoms with Crippen LogP contribution < -0.4 is 5.73 Å². The van der Waals surface area contributed by atoms with Crippen LogP contribution in [0.1, 0.15) is 45.2 Å². The summed E-state index contributed by atoms with van der Waals surface area (Å²) in [6, 6.07) is 0.550. The van der Waals surface area contributed by atoms with E-state index in [1.165, 1.54) is 12.8 Å². The molecule has 2 rings (SSSR count). The third kappa shape index (κ3) is 2.87. The first-order chi connectivity index (χ1) is 8.00. The molecule has 0 spiro atoms. The van der Waals surface area contributed by atoms with Crippen molar-refractivity contribution in [3.8, 4) is 0 Å². The van der Waals surface area contributed by atoms with Crippen LogP contribution in [-0.4, -0.2) is 33.3 Å². The van der Waals surface area contributed by atoms with Gasteiger partial charge in [0.2, 0.25) is 0 Å². The van der Waals surface area contributed by atoms with E-state index in [9.17, 15) is 0 Å². The van der Waals surface area contributed by atoms with Gasteiger partial charge in [0.1, 0.15) is 0 Å². The van der Waals surface area contributed by atoms with Crippen molar-refractivity contribution in [2.24, 2.45) is 5.73 Å². The van der Waals surface area contributed by atoms with E-state index in [1.54, 1.807) is 0 Å². The Kier molecular flexibility index (Phi) is 3.54. The summed E-state index contributed by atoms with van der Waals surface area (Å²) in [4.78, 5) is 2.55. The standard InChI is InChI=1S/C13H24N4/c1-13(2,3)16-6-4-12(5-7-16)17-10-11(8-14)9-15-17/h9-10,12H,4-8,14H2,1-3H3. The fourth-order valence-corrected chi connectivity index (χ4v) is 2.48. The van der Waals surface area contributed by atoms with E-state index in [0.717, 1.165) is 18.7 Å². The van der Waals surface area contributed by atoms with Crippen molar-refractivity contribution in [3.63, 3.8) is 0 Å². The Morgan fingerprint density at radius 3 is 2.47 bits per heavy atom. The summed E-state index contributed by atoms with van der Waals surface area (Å²) < 4.78 is 2.10. The molecular formula is C13H24N4. The van der Waals surface area contributed by atoms with Gasteiger partial charge in [-0.1, -0.05) is 0 Å². The summed E-state index contributed by atoms with van der Waals surface area (Å²) in [6.45, 7) is 9.76. The molecule has 2 N–H and O–H groups in total. The van der Waals surface area contributed by atoms with E-state index in [4.69, 9.17) is 5.73 Å². The highest BCUT2D eigenvalue weighted by molar-refractivity contribution is 5.03. The third-order valence-corrected chi connectivity index (χ3v) is 3.68. The van der Waals surface area contributed by atoms with Crippen molar-refractivity contribution in [3.05, 3.63) is 18.0 Å². The van der Waals surface area contributed by atoms with Gasteiger partial charge < -0.3 is 5.73 Å². The van der Waals surface area contributed by atoms with Gasteiger partial charge in [-0.2, -0.15) is 5.10 Å². The molecule has 0 bridgehead atoms. The molecule has 96 valence electrons. The minimum Gasteiger partial charge on any atom is -0.326 e. The van der Waals surface area contributed by atoms with E-state index >= 15 is 0 Å². The van der Waals surface area contributed by atoms with Crippen molar-refractivity contribution in [2.75, 3.05) is 13.1 Å². The quantitative estimate of drug-likeness (QED) is 0.851. The van der Waals surface area contributed by atoms with Gasteiger partial charge in [-0.25, -0.2) is 0 Å². The van der Waals surface area contributed by atoms with Crippen LogP contribution in [0.3, 0.4) is 0 Å². The SMILES string of the molecule is CC(C)(C)N1CCC(n2cc(CN)cn2)CC1. The van der Waals surface area contributed by atoms with Crippen molar-refractivity contribution in [1.82, 2.24) is 14.7 Å². The normalized spacial score (nSPS) is 19.8. The molecule has 4 nitrogen and oxygen atoms in total. The average Bonchev–Trinajstić information content (AvgIpc) is 2.76. The summed E-state index contributed by atoms with van der Waals surface area (Å²) in [5, 5.41) is 4.42. The molecule has 0 unspecified atom stereocenters. The summed E-state index contributed by atoms with van der Waals surface area (Å²) in [7, 11) is 0. The van der Waals surface area contributed by atoms with Crippen molar-refractivity contribution in [2.45, 2.75) is 51.7 Å². The molecule has 1 aliphatic rings. The maximum Gasteiger partial charge on any atom is 0.0543 e. The number of piperidine rings is 1. The summed E-state index contributed by atoms with van der Waals surface area (Å²) in [5.74, 6) is 0. The first-order valence-electron chi connectivity index (χ1n) is 6.49. The number of likely N-dealkylation sites (tertiary alicyclic amines) is 1. The van der Waals surface area contributed by atoms with Crippen molar-refractivity contribution < 1.29 is 0 Å². The van der Waals surface area contributed by atoms with Crippen LogP contribution >= 0.6 is 0 Å². The molecule has 17 heavy (non-hydrogen) atoms. The number of nitrogens with zero attached hydrogens (tertiary/aromatic N) is 3. The molecule has 0 aliphatic carbocycles. The molecule has 0 atom stereocenters. The second kappa shape index (κ2) is 4.78. The van der Waals surface area contributed by atoms with E-state index in [1.807, 2.05) is 6.20 Å². The lowest BCUT2D eigenvalue weighted by Crippen LogP contribution is -2.46. The highest BCUT2D eigenvalue weighted by Crippen LogP contribution is 2.26. The lowest BCUT2D eigenvalue weighted by Gasteiger charge is -2.40. The molecule has 0 saturated carbocycles. The van der Waals surface area contributed by atoms with Gasteiger partial charge in [0.05, 0.1) is 12.2 Å². The zero-order valence-electron chi connectivity index (χ0n) is 11.2. The number of nitrogens with two attached hydrogens (primary N) is 1. The van der Waals surface area contributed by atoms with Gasteiger partial charge in [-0.15, -0.1) is 0 Å². The van der Waals surface area contributed by atoms with Crippen molar-refractivity contribution in [1.29, 1.82) is 0 Å². The number of rotatable bonds is 2. The Morgan fingerprint density at radius 1 is 1.35 bits per heavy atom. The van der Waals surface area contributed by atoms with E-state index < -0.39 is 0 Å². The fourth-order valence-electron chi connectivity index (χ4n) is 2.48. The van der Waals surface area contributed by atoms with Crippen molar-refractivity contribution >= 4 is 0 Å². The third-order valence-electron chi connectivity index (χ3n) is 3.68. The van der Waals surface area contributed by atoms with Gasteiger partial charge in [0.25, 0.3) is 0 Å². The van der Waals surface area contributed by atoms with Crippen LogP contribution in [0, 0.1) is 0 Å². The Balaban J connectivity index is 1.95. The maximum atomic E-state index is 5.61. The second-order valence-corrected chi connectivity index (χ2v) is 5.92. The zero-order chi connectivity index (χ0) is 12.5. The predicted octanol–water partition coefficient (Wildman–Crippen LogP) is 1.78. The Morgan fingerprint density at radius 2 is 2.00 bits per heavy atom. The largest absolute Gasteiger partial charge is 0.326 e. The lowest BCUT2D eigenvalue weighted by atomic mass is 9.98. The minimum atomic E-state index is 0.289. The van der Waals surface area contributed by atoms with Crippen LogP contribution in [0.25, 0.3) is 0 Å². The molecule has 2 heterocycles. The summed E-state index contributed by atoms with van der Waals surface area (Å²) in [5.41, 5.74) is 7.03. The topological polar surface area (TPSA) is 47.1 Å². The highest BCUT2D eigenvalue weighted by atomic mass is 15.3. The van der Waals surface area contributed by atoms with E-state index in [2.05, 4.69) is 41.6 Å². The number of hydrogen-bond donors (Lipinski definition) is 1. The Bertz CT molecular complexity index is 356. The highest BCUT2D eigenvalue weighted by Gasteiger charge is 2.27. The molecule has 1 saturated heterocycles. The van der Waals surface area contributed by atoms with Gasteiger partial charge in [0, 0.05) is 36.9 Å². The van der Waals surface area contributed by atoms with Crippen LogP contribution in [0.2, 0.25) is 0 Å². The van der Waals surface area contributed by atoms with Gasteiger partial charge in [0.15, 0.2) is 0 Å². The lowest BCUT2D eigenvalue weighted by molar-refractivity contribution is 0.0870.